The van der Waals surface area contributed by atoms with Gasteiger partial charge in [0.2, 0.25) is 0 Å². The third-order valence-corrected chi connectivity index (χ3v) is 5.97. The molecule has 1 unspecified atom stereocenters. The third-order valence-electron chi connectivity index (χ3n) is 3.92. The van der Waals surface area contributed by atoms with Crippen molar-refractivity contribution in [1.29, 1.82) is 0 Å². The van der Waals surface area contributed by atoms with Crippen LogP contribution in [0.25, 0.3) is 0 Å². The molecule has 0 aromatic carbocycles. The molecule has 1 aliphatic rings. The first kappa shape index (κ1) is 12.6. The normalized spacial score (nSPS) is 20.1. The Morgan fingerprint density at radius 2 is 2.12 bits per heavy atom. The maximum Gasteiger partial charge on any atom is 0.0397 e. The second kappa shape index (κ2) is 4.79. The van der Waals surface area contributed by atoms with E-state index < -0.39 is 0 Å². The lowest BCUT2D eigenvalue weighted by Gasteiger charge is -2.23. The van der Waals surface area contributed by atoms with Crippen LogP contribution in [0.3, 0.4) is 0 Å². The molecule has 2 rings (SSSR count). The van der Waals surface area contributed by atoms with Gasteiger partial charge in [-0.3, -0.25) is 0 Å². The molecule has 0 aliphatic heterocycles. The van der Waals surface area contributed by atoms with E-state index in [2.05, 4.69) is 53.5 Å². The first-order valence-electron chi connectivity index (χ1n) is 6.01. The summed E-state index contributed by atoms with van der Waals surface area (Å²) in [7, 11) is 0. The van der Waals surface area contributed by atoms with Gasteiger partial charge in [-0.05, 0) is 58.5 Å². The number of hydrogen-bond acceptors (Lipinski definition) is 2. The molecule has 90 valence electrons. The van der Waals surface area contributed by atoms with E-state index in [0.29, 0.717) is 11.5 Å². The lowest BCUT2D eigenvalue weighted by molar-refractivity contribution is 0.325. The van der Waals surface area contributed by atoms with E-state index in [1.165, 1.54) is 22.2 Å². The molecule has 1 atom stereocenters. The van der Waals surface area contributed by atoms with Crippen LogP contribution in [-0.2, 0) is 0 Å². The van der Waals surface area contributed by atoms with Gasteiger partial charge >= 0.3 is 0 Å². The summed E-state index contributed by atoms with van der Waals surface area (Å²) in [6.07, 6.45) is 2.80. The maximum atomic E-state index is 3.69. The Bertz CT molecular complexity index is 355. The van der Waals surface area contributed by atoms with E-state index in [0.717, 1.165) is 12.5 Å². The summed E-state index contributed by atoms with van der Waals surface area (Å²) >= 11 is 5.43. The van der Waals surface area contributed by atoms with E-state index in [9.17, 15) is 0 Å². The van der Waals surface area contributed by atoms with E-state index in [1.807, 2.05) is 11.3 Å². The van der Waals surface area contributed by atoms with Gasteiger partial charge in [-0.25, -0.2) is 0 Å². The average molecular weight is 302 g/mol. The van der Waals surface area contributed by atoms with E-state index in [1.54, 1.807) is 0 Å². The Kier molecular flexibility index (Phi) is 3.77. The van der Waals surface area contributed by atoms with E-state index in [4.69, 9.17) is 0 Å². The minimum atomic E-state index is 0.464. The molecule has 0 amide bonds. The van der Waals surface area contributed by atoms with Crippen LogP contribution in [0.4, 0.5) is 0 Å². The van der Waals surface area contributed by atoms with Gasteiger partial charge in [-0.1, -0.05) is 13.8 Å². The highest BCUT2D eigenvalue weighted by Crippen LogP contribution is 2.51. The van der Waals surface area contributed by atoms with Crippen LogP contribution in [0.2, 0.25) is 0 Å². The van der Waals surface area contributed by atoms with Crippen LogP contribution in [0.1, 0.15) is 44.5 Å². The third kappa shape index (κ3) is 2.52. The highest BCUT2D eigenvalue weighted by Gasteiger charge is 2.44. The molecule has 1 aromatic rings. The summed E-state index contributed by atoms with van der Waals surface area (Å²) in [5.41, 5.74) is 0.595. The molecule has 1 N–H and O–H groups in total. The van der Waals surface area contributed by atoms with Crippen LogP contribution < -0.4 is 5.32 Å². The van der Waals surface area contributed by atoms with Gasteiger partial charge in [-0.15, -0.1) is 11.3 Å². The van der Waals surface area contributed by atoms with Crippen molar-refractivity contribution in [2.45, 2.75) is 39.7 Å². The Balaban J connectivity index is 1.89. The van der Waals surface area contributed by atoms with Crippen LogP contribution >= 0.6 is 27.3 Å². The van der Waals surface area contributed by atoms with Crippen molar-refractivity contribution >= 4 is 27.3 Å². The lowest BCUT2D eigenvalue weighted by atomic mass is 9.92. The molecule has 0 radical (unpaired) electrons. The smallest absolute Gasteiger partial charge is 0.0397 e. The number of nitrogens with one attached hydrogen (secondary N) is 1. The number of halogens is 1. The molecule has 1 aliphatic carbocycles. The topological polar surface area (TPSA) is 12.0 Å². The fourth-order valence-electron chi connectivity index (χ4n) is 2.18. The fraction of sp³-hybridized carbons (Fsp3) is 0.692. The average Bonchev–Trinajstić information content (AvgIpc) is 2.92. The minimum Gasteiger partial charge on any atom is -0.309 e. The van der Waals surface area contributed by atoms with E-state index >= 15 is 0 Å². The van der Waals surface area contributed by atoms with Crippen molar-refractivity contribution in [2.75, 3.05) is 6.54 Å². The molecule has 0 saturated heterocycles. The second-order valence-corrected chi connectivity index (χ2v) is 7.05. The highest BCUT2D eigenvalue weighted by atomic mass is 79.9. The summed E-state index contributed by atoms with van der Waals surface area (Å²) < 4.78 is 1.24. The highest BCUT2D eigenvalue weighted by molar-refractivity contribution is 9.10. The van der Waals surface area contributed by atoms with E-state index in [-0.39, 0.29) is 0 Å². The molecule has 16 heavy (non-hydrogen) atoms. The quantitative estimate of drug-likeness (QED) is 0.838. The molecule has 0 spiro atoms. The minimum absolute atomic E-state index is 0.464. The standard InChI is InChI=1S/C13H20BrNS/c1-9(2)13(5-6-13)8-15-10(3)12-11(14)4-7-16-12/h4,7,9-10,15H,5-6,8H2,1-3H3. The monoisotopic (exact) mass is 301 g/mol. The zero-order valence-corrected chi connectivity index (χ0v) is 12.6. The SMILES string of the molecule is CC(NCC1(C(C)C)CC1)c1sccc1Br. The molecule has 1 heterocycles. The van der Waals surface area contributed by atoms with Crippen LogP contribution in [0, 0.1) is 11.3 Å². The summed E-state index contributed by atoms with van der Waals surface area (Å²) in [5, 5.41) is 5.84. The van der Waals surface area contributed by atoms with Crippen molar-refractivity contribution in [3.8, 4) is 0 Å². The first-order chi connectivity index (χ1) is 7.55. The molecular weight excluding hydrogens is 282 g/mol. The Hall–Kier alpha value is 0.140. The lowest BCUT2D eigenvalue weighted by Crippen LogP contribution is -2.29. The van der Waals surface area contributed by atoms with Gasteiger partial charge in [0.25, 0.3) is 0 Å². The summed E-state index contributed by atoms with van der Waals surface area (Å²) in [6, 6.07) is 2.60. The van der Waals surface area contributed by atoms with Gasteiger partial charge in [0.15, 0.2) is 0 Å². The summed E-state index contributed by atoms with van der Waals surface area (Å²) in [5.74, 6) is 0.805. The van der Waals surface area contributed by atoms with Gasteiger partial charge in [0.1, 0.15) is 0 Å². The largest absolute Gasteiger partial charge is 0.309 e. The molecule has 3 heteroatoms. The van der Waals surface area contributed by atoms with Crippen molar-refractivity contribution in [3.05, 3.63) is 20.8 Å². The zero-order chi connectivity index (χ0) is 11.8. The van der Waals surface area contributed by atoms with Crippen LogP contribution in [-0.4, -0.2) is 6.54 Å². The first-order valence-corrected chi connectivity index (χ1v) is 7.69. The van der Waals surface area contributed by atoms with Crippen molar-refractivity contribution < 1.29 is 0 Å². The Labute approximate surface area is 111 Å². The van der Waals surface area contributed by atoms with Gasteiger partial charge in [-0.2, -0.15) is 0 Å². The van der Waals surface area contributed by atoms with Gasteiger partial charge in [0, 0.05) is 21.9 Å². The Morgan fingerprint density at radius 1 is 1.44 bits per heavy atom. The van der Waals surface area contributed by atoms with Crippen LogP contribution in [0.15, 0.2) is 15.9 Å². The van der Waals surface area contributed by atoms with Crippen molar-refractivity contribution in [3.63, 3.8) is 0 Å². The molecule has 0 bridgehead atoms. The Morgan fingerprint density at radius 3 is 2.56 bits per heavy atom. The molecule has 1 fully saturated rings. The molecule has 1 aromatic heterocycles. The van der Waals surface area contributed by atoms with Crippen molar-refractivity contribution in [1.82, 2.24) is 5.32 Å². The predicted octanol–water partition coefficient (Wildman–Crippen LogP) is 4.60. The van der Waals surface area contributed by atoms with Gasteiger partial charge in [0.05, 0.1) is 0 Å². The van der Waals surface area contributed by atoms with Crippen LogP contribution in [0.5, 0.6) is 0 Å². The fourth-order valence-corrected chi connectivity index (χ4v) is 3.93. The summed E-state index contributed by atoms with van der Waals surface area (Å²) in [4.78, 5) is 1.42. The molecule has 1 nitrogen and oxygen atoms in total. The predicted molar refractivity (Wildman–Crippen MR) is 74.9 cm³/mol. The molecule has 1 saturated carbocycles. The molecular formula is C13H20BrNS. The maximum absolute atomic E-state index is 3.69. The number of hydrogen-bond donors (Lipinski definition) is 1. The number of rotatable bonds is 5. The zero-order valence-electron chi connectivity index (χ0n) is 10.2. The summed E-state index contributed by atoms with van der Waals surface area (Å²) in [6.45, 7) is 8.12. The van der Waals surface area contributed by atoms with Gasteiger partial charge < -0.3 is 5.32 Å². The van der Waals surface area contributed by atoms with Crippen molar-refractivity contribution in [2.24, 2.45) is 11.3 Å². The second-order valence-electron chi connectivity index (χ2n) is 5.25. The number of thiophene rings is 1.